The van der Waals surface area contributed by atoms with Gasteiger partial charge in [0.1, 0.15) is 36.1 Å². The Balaban J connectivity index is 1.40. The topological polar surface area (TPSA) is 190 Å². The Morgan fingerprint density at radius 1 is 1.04 bits per heavy atom. The first-order valence-corrected chi connectivity index (χ1v) is 16.7. The quantitative estimate of drug-likeness (QED) is 0.165. The van der Waals surface area contributed by atoms with E-state index in [4.69, 9.17) is 14.2 Å². The average Bonchev–Trinajstić information content (AvgIpc) is 3.21. The highest BCUT2D eigenvalue weighted by Crippen LogP contribution is 2.69. The van der Waals surface area contributed by atoms with Crippen molar-refractivity contribution in [1.82, 2.24) is 0 Å². The first-order valence-electron chi connectivity index (χ1n) is 16.7. The van der Waals surface area contributed by atoms with Crippen LogP contribution >= 0.6 is 0 Å². The Labute approximate surface area is 266 Å². The molecule has 17 atom stereocenters. The summed E-state index contributed by atoms with van der Waals surface area (Å²) in [5.74, 6) is -1.78. The first-order chi connectivity index (χ1) is 21.1. The van der Waals surface area contributed by atoms with Crippen LogP contribution in [-0.2, 0) is 14.2 Å². The molecule has 258 valence electrons. The van der Waals surface area contributed by atoms with Gasteiger partial charge in [-0.2, -0.15) is 0 Å². The van der Waals surface area contributed by atoms with E-state index in [0.29, 0.717) is 44.1 Å². The van der Waals surface area contributed by atoms with Crippen LogP contribution in [0.3, 0.4) is 0 Å². The lowest BCUT2D eigenvalue weighted by Gasteiger charge is -2.65. The molecule has 11 nitrogen and oxygen atoms in total. The van der Waals surface area contributed by atoms with Crippen molar-refractivity contribution in [2.24, 2.45) is 40.4 Å². The summed E-state index contributed by atoms with van der Waals surface area (Å²) in [5.41, 5.74) is -1.79. The second-order valence-corrected chi connectivity index (χ2v) is 15.3. The van der Waals surface area contributed by atoms with Crippen LogP contribution < -0.4 is 0 Å². The standard InChI is InChI=1S/C34H56O11/c1-16(18(3)14-35)7-8-17(2)23-26(39)27(40)29-33(23,5)12-10-22-32(4)11-9-19(13-20(32)24(37)30(41)34(22,29)42)45-31-28(43-6)25(38)21(36)15-44-31/h13,17-19,21-31,35-42H,1,7-12,14-15H2,2-6H3. The van der Waals surface area contributed by atoms with Crippen LogP contribution in [0.1, 0.15) is 66.2 Å². The van der Waals surface area contributed by atoms with Crippen molar-refractivity contribution in [3.05, 3.63) is 23.8 Å². The van der Waals surface area contributed by atoms with Crippen molar-refractivity contribution in [2.45, 2.75) is 127 Å². The lowest BCUT2D eigenvalue weighted by atomic mass is 9.43. The molecule has 3 saturated carbocycles. The maximum Gasteiger partial charge on any atom is 0.187 e. The van der Waals surface area contributed by atoms with Crippen LogP contribution in [0, 0.1) is 40.4 Å². The molecule has 1 aliphatic heterocycles. The number of ether oxygens (including phenoxy) is 3. The normalized spacial score (nSPS) is 51.0. The van der Waals surface area contributed by atoms with Crippen molar-refractivity contribution >= 4 is 0 Å². The molecule has 0 aromatic heterocycles. The highest BCUT2D eigenvalue weighted by atomic mass is 16.7. The number of methoxy groups -OCH3 is 1. The van der Waals surface area contributed by atoms with Gasteiger partial charge in [0.05, 0.1) is 24.9 Å². The number of rotatable bonds is 9. The van der Waals surface area contributed by atoms with E-state index >= 15 is 0 Å². The van der Waals surface area contributed by atoms with Crippen LogP contribution in [0.5, 0.6) is 0 Å². The molecule has 45 heavy (non-hydrogen) atoms. The molecule has 5 rings (SSSR count). The van der Waals surface area contributed by atoms with E-state index < -0.39 is 83.4 Å². The third-order valence-corrected chi connectivity index (χ3v) is 12.9. The molecule has 8 N–H and O–H groups in total. The Hall–Kier alpha value is -0.960. The van der Waals surface area contributed by atoms with Gasteiger partial charge in [0, 0.05) is 19.6 Å². The van der Waals surface area contributed by atoms with Gasteiger partial charge in [-0.05, 0) is 78.6 Å². The average molecular weight is 641 g/mol. The largest absolute Gasteiger partial charge is 0.396 e. The lowest BCUT2D eigenvalue weighted by molar-refractivity contribution is -0.289. The molecule has 11 heteroatoms. The number of hydrogen-bond donors (Lipinski definition) is 8. The van der Waals surface area contributed by atoms with E-state index in [1.165, 1.54) is 7.11 Å². The molecule has 0 amide bonds. The summed E-state index contributed by atoms with van der Waals surface area (Å²) in [4.78, 5) is 0. The van der Waals surface area contributed by atoms with E-state index in [1.54, 1.807) is 6.08 Å². The minimum Gasteiger partial charge on any atom is -0.396 e. The maximum absolute atomic E-state index is 12.7. The second-order valence-electron chi connectivity index (χ2n) is 15.3. The second kappa shape index (κ2) is 12.8. The highest BCUT2D eigenvalue weighted by Gasteiger charge is 2.74. The summed E-state index contributed by atoms with van der Waals surface area (Å²) in [6, 6.07) is 0. The Bertz CT molecular complexity index is 1120. The summed E-state index contributed by atoms with van der Waals surface area (Å²) >= 11 is 0. The molecule has 17 unspecified atom stereocenters. The van der Waals surface area contributed by atoms with Gasteiger partial charge < -0.3 is 55.1 Å². The molecule has 5 aliphatic rings. The molecule has 0 radical (unpaired) electrons. The first kappa shape index (κ1) is 35.3. The van der Waals surface area contributed by atoms with Crippen molar-refractivity contribution in [1.29, 1.82) is 0 Å². The smallest absolute Gasteiger partial charge is 0.187 e. The minimum absolute atomic E-state index is 0.0176. The Morgan fingerprint density at radius 3 is 2.38 bits per heavy atom. The summed E-state index contributed by atoms with van der Waals surface area (Å²) < 4.78 is 17.1. The van der Waals surface area contributed by atoms with E-state index in [1.807, 2.05) is 27.7 Å². The third-order valence-electron chi connectivity index (χ3n) is 12.9. The zero-order chi connectivity index (χ0) is 33.2. The van der Waals surface area contributed by atoms with Crippen molar-refractivity contribution in [3.8, 4) is 0 Å². The van der Waals surface area contributed by atoms with Gasteiger partial charge >= 0.3 is 0 Å². The summed E-state index contributed by atoms with van der Waals surface area (Å²) in [6.07, 6.45) is -4.81. The highest BCUT2D eigenvalue weighted by molar-refractivity contribution is 5.35. The van der Waals surface area contributed by atoms with Gasteiger partial charge in [-0.25, -0.2) is 0 Å². The predicted molar refractivity (Wildman–Crippen MR) is 163 cm³/mol. The van der Waals surface area contributed by atoms with Gasteiger partial charge in [-0.15, -0.1) is 0 Å². The summed E-state index contributed by atoms with van der Waals surface area (Å²) in [7, 11) is 1.40. The van der Waals surface area contributed by atoms with Crippen molar-refractivity contribution in [2.75, 3.05) is 20.3 Å². The SMILES string of the molecule is C=C(CCC(C)C1C(O)C(O)C2C1(C)CCC1C3(C)CCC(OC4OCC(O)C(O)C4OC)C=C3C(O)C(O)C12O)C(C)CO. The Kier molecular flexibility index (Phi) is 10.1. The van der Waals surface area contributed by atoms with Gasteiger partial charge in [0.15, 0.2) is 6.29 Å². The van der Waals surface area contributed by atoms with Crippen LogP contribution in [-0.4, -0.2) is 122 Å². The van der Waals surface area contributed by atoms with E-state index in [2.05, 4.69) is 6.58 Å². The van der Waals surface area contributed by atoms with Crippen LogP contribution in [0.2, 0.25) is 0 Å². The minimum atomic E-state index is -1.86. The van der Waals surface area contributed by atoms with E-state index in [9.17, 15) is 40.9 Å². The van der Waals surface area contributed by atoms with E-state index in [0.717, 1.165) is 5.57 Å². The van der Waals surface area contributed by atoms with Crippen molar-refractivity contribution in [3.63, 3.8) is 0 Å². The van der Waals surface area contributed by atoms with Crippen molar-refractivity contribution < 1.29 is 55.1 Å². The summed E-state index contributed by atoms with van der Waals surface area (Å²) in [5, 5.41) is 89.1. The lowest BCUT2D eigenvalue weighted by Crippen LogP contribution is -2.73. The predicted octanol–water partition coefficient (Wildman–Crippen LogP) is 0.643. The molecule has 0 spiro atoms. The molecule has 0 aromatic rings. The fraction of sp³-hybridized carbons (Fsp3) is 0.882. The monoisotopic (exact) mass is 640 g/mol. The number of aliphatic hydroxyl groups is 8. The molecule has 1 saturated heterocycles. The van der Waals surface area contributed by atoms with E-state index in [-0.39, 0.29) is 31.0 Å². The number of hydrogen-bond acceptors (Lipinski definition) is 11. The van der Waals surface area contributed by atoms with Crippen LogP contribution in [0.25, 0.3) is 0 Å². The van der Waals surface area contributed by atoms with Gasteiger partial charge in [-0.3, -0.25) is 0 Å². The molecule has 1 heterocycles. The number of fused-ring (bicyclic) bond motifs is 5. The Morgan fingerprint density at radius 2 is 1.73 bits per heavy atom. The van der Waals surface area contributed by atoms with Crippen LogP contribution in [0.15, 0.2) is 23.8 Å². The molecule has 4 aliphatic carbocycles. The fourth-order valence-electron chi connectivity index (χ4n) is 10.3. The van der Waals surface area contributed by atoms with Crippen LogP contribution in [0.4, 0.5) is 0 Å². The maximum atomic E-state index is 12.7. The molecule has 0 aromatic carbocycles. The zero-order valence-corrected chi connectivity index (χ0v) is 27.3. The van der Waals surface area contributed by atoms with Gasteiger partial charge in [0.2, 0.25) is 0 Å². The number of aliphatic hydroxyl groups excluding tert-OH is 7. The van der Waals surface area contributed by atoms with Gasteiger partial charge in [0.25, 0.3) is 0 Å². The third kappa shape index (κ3) is 5.48. The molecule has 4 fully saturated rings. The zero-order valence-electron chi connectivity index (χ0n) is 27.3. The molecular weight excluding hydrogens is 584 g/mol. The molecular formula is C34H56O11. The molecule has 0 bridgehead atoms. The fourth-order valence-corrected chi connectivity index (χ4v) is 10.3. The van der Waals surface area contributed by atoms with Gasteiger partial charge in [-0.1, -0.05) is 45.9 Å². The summed E-state index contributed by atoms with van der Waals surface area (Å²) in [6.45, 7) is 12.0.